The number of fused-ring (bicyclic) bond motifs is 3. The summed E-state index contributed by atoms with van der Waals surface area (Å²) in [4.78, 5) is 36.3. The molecule has 38 heavy (non-hydrogen) atoms. The topological polar surface area (TPSA) is 145 Å². The highest BCUT2D eigenvalue weighted by molar-refractivity contribution is 6.00. The average molecular weight is 519 g/mol. The van der Waals surface area contributed by atoms with Crippen molar-refractivity contribution in [1.29, 1.82) is 0 Å². The molecule has 2 saturated heterocycles. The Morgan fingerprint density at radius 3 is 2.50 bits per heavy atom. The number of alkyl halides is 1. The van der Waals surface area contributed by atoms with Crippen LogP contribution in [0.4, 0.5) is 10.2 Å². The SMILES string of the molecule is CC(=O)c1c([C@@H]2C[C@H]3CC[C@@H](C2)N3C(=O)CO)nc2c(-c3ccc(-c4ccn(CF)n4)nc3)cnn2c1N. The van der Waals surface area contributed by atoms with E-state index in [2.05, 4.69) is 15.2 Å². The summed E-state index contributed by atoms with van der Waals surface area (Å²) in [7, 11) is 0. The summed E-state index contributed by atoms with van der Waals surface area (Å²) in [6, 6.07) is 5.35. The lowest BCUT2D eigenvalue weighted by Crippen LogP contribution is -2.47. The molecule has 6 rings (SSSR count). The predicted octanol–water partition coefficient (Wildman–Crippen LogP) is 2.60. The van der Waals surface area contributed by atoms with Gasteiger partial charge in [0.2, 0.25) is 5.91 Å². The summed E-state index contributed by atoms with van der Waals surface area (Å²) in [6.07, 6.45) is 7.89. The monoisotopic (exact) mass is 518 g/mol. The largest absolute Gasteiger partial charge is 0.387 e. The Morgan fingerprint density at radius 1 is 1.13 bits per heavy atom. The standard InChI is InChI=1S/C26H27FN8O3/c1-14(37)23-24(16-8-17-3-4-18(9-16)34(17)22(38)12-36)31-26-19(11-30-35(26)25(23)28)15-2-5-20(29-10-15)21-6-7-33(13-27)32-21/h2,5-7,10-11,16-18,36H,3-4,8-9,12-13,28H2,1H3/t16-,17-,18+. The van der Waals surface area contributed by atoms with Gasteiger partial charge in [-0.25, -0.2) is 14.1 Å². The van der Waals surface area contributed by atoms with E-state index >= 15 is 0 Å². The molecule has 0 aromatic carbocycles. The normalized spacial score (nSPS) is 20.8. The van der Waals surface area contributed by atoms with Crippen molar-refractivity contribution in [3.8, 4) is 22.5 Å². The first kappa shape index (κ1) is 24.2. The van der Waals surface area contributed by atoms with E-state index in [0.717, 1.165) is 18.4 Å². The van der Waals surface area contributed by atoms with Gasteiger partial charge in [-0.1, -0.05) is 6.07 Å². The number of ketones is 1. The van der Waals surface area contributed by atoms with Crippen LogP contribution in [0.25, 0.3) is 28.2 Å². The van der Waals surface area contributed by atoms with E-state index in [9.17, 15) is 19.1 Å². The number of nitrogens with zero attached hydrogens (tertiary/aromatic N) is 7. The number of carbonyl (C=O) groups excluding carboxylic acids is 2. The number of amides is 1. The highest BCUT2D eigenvalue weighted by Gasteiger charge is 2.44. The van der Waals surface area contributed by atoms with Crippen molar-refractivity contribution in [2.45, 2.75) is 57.4 Å². The van der Waals surface area contributed by atoms with Gasteiger partial charge in [0, 0.05) is 41.5 Å². The van der Waals surface area contributed by atoms with Crippen LogP contribution in [-0.2, 0) is 11.6 Å². The van der Waals surface area contributed by atoms with Crippen molar-refractivity contribution >= 4 is 23.2 Å². The second-order valence-corrected chi connectivity index (χ2v) is 9.91. The molecule has 11 nitrogen and oxygen atoms in total. The second-order valence-electron chi connectivity index (χ2n) is 9.91. The lowest BCUT2D eigenvalue weighted by atomic mass is 9.85. The molecular weight excluding hydrogens is 491 g/mol. The number of rotatable bonds is 6. The van der Waals surface area contributed by atoms with E-state index in [1.807, 2.05) is 6.07 Å². The van der Waals surface area contributed by atoms with E-state index in [1.54, 1.807) is 35.6 Å². The number of carbonyl (C=O) groups is 2. The molecule has 3 N–H and O–H groups in total. The average Bonchev–Trinajstić information content (AvgIpc) is 3.64. The molecule has 2 fully saturated rings. The number of aliphatic hydroxyl groups excluding tert-OH is 1. The van der Waals surface area contributed by atoms with Crippen molar-refractivity contribution in [3.63, 3.8) is 0 Å². The molecule has 1 amide bonds. The Bertz CT molecular complexity index is 1530. The molecule has 4 aromatic rings. The van der Waals surface area contributed by atoms with E-state index in [-0.39, 0.29) is 35.5 Å². The van der Waals surface area contributed by atoms with Crippen LogP contribution < -0.4 is 5.73 Å². The summed E-state index contributed by atoms with van der Waals surface area (Å²) in [5.74, 6) is -0.276. The number of piperidine rings is 1. The summed E-state index contributed by atoms with van der Waals surface area (Å²) in [5, 5.41) is 18.0. The Kier molecular flexibility index (Phi) is 5.90. The molecule has 4 aromatic heterocycles. The first-order valence-electron chi connectivity index (χ1n) is 12.6. The van der Waals surface area contributed by atoms with Crippen LogP contribution >= 0.6 is 0 Å². The van der Waals surface area contributed by atoms with Crippen LogP contribution in [-0.4, -0.2) is 69.7 Å². The van der Waals surface area contributed by atoms with Gasteiger partial charge < -0.3 is 15.7 Å². The number of hydrogen-bond donors (Lipinski definition) is 2. The third-order valence-corrected chi connectivity index (χ3v) is 7.71. The Morgan fingerprint density at radius 2 is 1.89 bits per heavy atom. The van der Waals surface area contributed by atoms with E-state index in [1.165, 1.54) is 16.1 Å². The zero-order valence-corrected chi connectivity index (χ0v) is 20.8. The molecule has 6 heterocycles. The third-order valence-electron chi connectivity index (χ3n) is 7.71. The first-order chi connectivity index (χ1) is 18.4. The fraction of sp³-hybridized carbons (Fsp3) is 0.385. The fourth-order valence-corrected chi connectivity index (χ4v) is 6.05. The molecule has 2 aliphatic rings. The van der Waals surface area contributed by atoms with Gasteiger partial charge in [0.25, 0.3) is 0 Å². The van der Waals surface area contributed by atoms with Crippen LogP contribution in [0.5, 0.6) is 0 Å². The molecular formula is C26H27FN8O3. The molecule has 2 bridgehead atoms. The van der Waals surface area contributed by atoms with Gasteiger partial charge in [0.05, 0.1) is 23.1 Å². The van der Waals surface area contributed by atoms with Crippen molar-refractivity contribution in [2.75, 3.05) is 12.3 Å². The summed E-state index contributed by atoms with van der Waals surface area (Å²) >= 11 is 0. The number of aromatic nitrogens is 6. The molecule has 0 radical (unpaired) electrons. The first-order valence-corrected chi connectivity index (χ1v) is 12.6. The molecule has 0 spiro atoms. The van der Waals surface area contributed by atoms with Crippen LogP contribution in [0.1, 0.15) is 54.6 Å². The Balaban J connectivity index is 1.39. The smallest absolute Gasteiger partial charge is 0.248 e. The van der Waals surface area contributed by atoms with E-state index in [4.69, 9.17) is 10.7 Å². The van der Waals surface area contributed by atoms with E-state index < -0.39 is 13.4 Å². The number of pyridine rings is 1. The minimum absolute atomic E-state index is 0.000504. The van der Waals surface area contributed by atoms with Gasteiger partial charge in [-0.2, -0.15) is 14.7 Å². The number of nitrogens with two attached hydrogens (primary N) is 1. The maximum atomic E-state index is 12.9. The molecule has 0 saturated carbocycles. The van der Waals surface area contributed by atoms with Crippen LogP contribution in [0, 0.1) is 0 Å². The molecule has 12 heteroatoms. The van der Waals surface area contributed by atoms with Crippen LogP contribution in [0.15, 0.2) is 36.8 Å². The van der Waals surface area contributed by atoms with Gasteiger partial charge in [0.15, 0.2) is 18.2 Å². The Labute approximate surface area is 217 Å². The van der Waals surface area contributed by atoms with Crippen molar-refractivity contribution in [3.05, 3.63) is 48.0 Å². The lowest BCUT2D eigenvalue weighted by molar-refractivity contribution is -0.138. The zero-order chi connectivity index (χ0) is 26.6. The third kappa shape index (κ3) is 3.83. The number of Topliss-reactive ketones (excluding diaryl/α,β-unsaturated/α-hetero) is 1. The minimum atomic E-state index is -0.712. The van der Waals surface area contributed by atoms with Crippen molar-refractivity contribution in [1.82, 2.24) is 34.3 Å². The van der Waals surface area contributed by atoms with Gasteiger partial charge in [0.1, 0.15) is 18.1 Å². The minimum Gasteiger partial charge on any atom is -0.387 e. The number of halogens is 1. The van der Waals surface area contributed by atoms with Crippen LogP contribution in [0.3, 0.4) is 0 Å². The molecule has 2 aliphatic heterocycles. The maximum Gasteiger partial charge on any atom is 0.248 e. The van der Waals surface area contributed by atoms with Gasteiger partial charge >= 0.3 is 0 Å². The summed E-state index contributed by atoms with van der Waals surface area (Å²) in [6.45, 7) is 0.257. The lowest BCUT2D eigenvalue weighted by Gasteiger charge is -2.39. The quantitative estimate of drug-likeness (QED) is 0.371. The zero-order valence-electron chi connectivity index (χ0n) is 20.8. The van der Waals surface area contributed by atoms with Crippen molar-refractivity contribution < 1.29 is 19.1 Å². The number of aliphatic hydroxyl groups is 1. The van der Waals surface area contributed by atoms with Crippen LogP contribution in [0.2, 0.25) is 0 Å². The second kappa shape index (κ2) is 9.28. The molecule has 196 valence electrons. The Hall–Kier alpha value is -4.19. The predicted molar refractivity (Wildman–Crippen MR) is 136 cm³/mol. The van der Waals surface area contributed by atoms with E-state index in [0.29, 0.717) is 46.7 Å². The van der Waals surface area contributed by atoms with Gasteiger partial charge in [-0.15, -0.1) is 0 Å². The number of anilines is 1. The van der Waals surface area contributed by atoms with Crippen molar-refractivity contribution in [2.24, 2.45) is 0 Å². The molecule has 0 unspecified atom stereocenters. The van der Waals surface area contributed by atoms with Gasteiger partial charge in [-0.05, 0) is 44.7 Å². The highest BCUT2D eigenvalue weighted by Crippen LogP contribution is 2.44. The summed E-state index contributed by atoms with van der Waals surface area (Å²) < 4.78 is 15.5. The van der Waals surface area contributed by atoms with Gasteiger partial charge in [-0.3, -0.25) is 14.6 Å². The molecule has 3 atom stereocenters. The highest BCUT2D eigenvalue weighted by atomic mass is 19.1. The number of hydrogen-bond acceptors (Lipinski definition) is 8. The fourth-order valence-electron chi connectivity index (χ4n) is 6.05. The maximum absolute atomic E-state index is 12.9. The molecule has 0 aliphatic carbocycles. The summed E-state index contributed by atoms with van der Waals surface area (Å²) in [5.41, 5.74) is 10.6. The number of nitrogen functional groups attached to an aromatic ring is 1.